The Kier molecular flexibility index (Phi) is 2.24. The highest BCUT2D eigenvalue weighted by atomic mass is 19.1. The van der Waals surface area contributed by atoms with Crippen LogP contribution in [0.15, 0.2) is 36.4 Å². The Bertz CT molecular complexity index is 418. The zero-order valence-electron chi connectivity index (χ0n) is 8.42. The first-order valence-corrected chi connectivity index (χ1v) is 4.86. The second-order valence-electron chi connectivity index (χ2n) is 3.87. The van der Waals surface area contributed by atoms with Crippen LogP contribution in [0.3, 0.4) is 0 Å². The number of hydrogen-bond donors (Lipinski definition) is 0. The highest BCUT2D eigenvalue weighted by molar-refractivity contribution is 5.66. The standard InChI is InChI=1S/C13H13F/c1-9(2)10-3-4-11-6-8-13(14)12(11)7-5-10/h3-9H,1-2H3. The number of fused-ring (bicyclic) bond motifs is 1. The van der Waals surface area contributed by atoms with E-state index in [0.717, 1.165) is 5.56 Å². The first-order valence-electron chi connectivity index (χ1n) is 4.86. The molecule has 0 aromatic carbocycles. The minimum atomic E-state index is -0.133. The maximum Gasteiger partial charge on any atom is 0.131 e. The maximum atomic E-state index is 13.2. The van der Waals surface area contributed by atoms with Crippen LogP contribution in [0, 0.1) is 5.82 Å². The fourth-order valence-electron chi connectivity index (χ4n) is 1.61. The number of halogens is 1. The third-order valence-electron chi connectivity index (χ3n) is 2.54. The SMILES string of the molecule is CC(C)c1ccc2ccc(F)c-2cc1. The smallest absolute Gasteiger partial charge is 0.131 e. The van der Waals surface area contributed by atoms with Gasteiger partial charge in [-0.2, -0.15) is 0 Å². The van der Waals surface area contributed by atoms with Crippen molar-refractivity contribution in [1.29, 1.82) is 0 Å². The van der Waals surface area contributed by atoms with Crippen molar-refractivity contribution < 1.29 is 4.39 Å². The number of rotatable bonds is 1. The second-order valence-corrected chi connectivity index (χ2v) is 3.87. The normalized spacial score (nSPS) is 11.1. The Labute approximate surface area is 83.7 Å². The summed E-state index contributed by atoms with van der Waals surface area (Å²) in [5, 5.41) is 0. The zero-order chi connectivity index (χ0) is 10.1. The molecule has 0 aromatic heterocycles. The molecule has 0 atom stereocenters. The Morgan fingerprint density at radius 1 is 0.929 bits per heavy atom. The molecule has 0 aromatic rings. The largest absolute Gasteiger partial charge is 0.206 e. The monoisotopic (exact) mass is 188 g/mol. The highest BCUT2D eigenvalue weighted by Gasteiger charge is 2.07. The van der Waals surface area contributed by atoms with Crippen LogP contribution in [0.1, 0.15) is 25.3 Å². The summed E-state index contributed by atoms with van der Waals surface area (Å²) in [7, 11) is 0. The third kappa shape index (κ3) is 1.50. The van der Waals surface area contributed by atoms with E-state index >= 15 is 0 Å². The molecule has 2 rings (SSSR count). The van der Waals surface area contributed by atoms with Crippen LogP contribution < -0.4 is 0 Å². The van der Waals surface area contributed by atoms with Gasteiger partial charge in [0.2, 0.25) is 0 Å². The fourth-order valence-corrected chi connectivity index (χ4v) is 1.61. The van der Waals surface area contributed by atoms with E-state index in [1.54, 1.807) is 0 Å². The van der Waals surface area contributed by atoms with E-state index in [9.17, 15) is 4.39 Å². The summed E-state index contributed by atoms with van der Waals surface area (Å²) < 4.78 is 13.2. The van der Waals surface area contributed by atoms with Crippen molar-refractivity contribution in [2.45, 2.75) is 19.8 Å². The average Bonchev–Trinajstić information content (AvgIpc) is 2.38. The lowest BCUT2D eigenvalue weighted by Crippen LogP contribution is -1.81. The van der Waals surface area contributed by atoms with E-state index in [1.807, 2.05) is 24.3 Å². The van der Waals surface area contributed by atoms with E-state index in [2.05, 4.69) is 19.9 Å². The van der Waals surface area contributed by atoms with Crippen molar-refractivity contribution in [2.24, 2.45) is 0 Å². The Morgan fingerprint density at radius 3 is 2.29 bits per heavy atom. The molecule has 0 radical (unpaired) electrons. The van der Waals surface area contributed by atoms with Crippen LogP contribution in [0.4, 0.5) is 4.39 Å². The molecule has 0 spiro atoms. The van der Waals surface area contributed by atoms with Crippen LogP contribution >= 0.6 is 0 Å². The summed E-state index contributed by atoms with van der Waals surface area (Å²) in [6, 6.07) is 11.2. The summed E-state index contributed by atoms with van der Waals surface area (Å²) >= 11 is 0. The molecule has 0 N–H and O–H groups in total. The van der Waals surface area contributed by atoms with Gasteiger partial charge in [0.05, 0.1) is 0 Å². The molecule has 0 amide bonds. The zero-order valence-corrected chi connectivity index (χ0v) is 8.42. The van der Waals surface area contributed by atoms with Gasteiger partial charge < -0.3 is 0 Å². The van der Waals surface area contributed by atoms with E-state index in [4.69, 9.17) is 0 Å². The van der Waals surface area contributed by atoms with E-state index < -0.39 is 0 Å². The van der Waals surface area contributed by atoms with Gasteiger partial charge in [0, 0.05) is 5.56 Å². The Balaban J connectivity index is 2.59. The topological polar surface area (TPSA) is 0 Å². The van der Waals surface area contributed by atoms with Crippen LogP contribution in [0.2, 0.25) is 0 Å². The van der Waals surface area contributed by atoms with Gasteiger partial charge in [0.25, 0.3) is 0 Å². The first kappa shape index (κ1) is 9.20. The molecule has 1 heteroatoms. The first-order chi connectivity index (χ1) is 6.68. The summed E-state index contributed by atoms with van der Waals surface area (Å²) in [5.74, 6) is 0.348. The van der Waals surface area contributed by atoms with Gasteiger partial charge in [-0.1, -0.05) is 44.2 Å². The molecule has 2 aliphatic carbocycles. The highest BCUT2D eigenvalue weighted by Crippen LogP contribution is 2.27. The predicted molar refractivity (Wildman–Crippen MR) is 57.1 cm³/mol. The molecule has 0 unspecified atom stereocenters. The van der Waals surface area contributed by atoms with E-state index in [0.29, 0.717) is 11.5 Å². The van der Waals surface area contributed by atoms with Gasteiger partial charge in [0.1, 0.15) is 5.82 Å². The van der Waals surface area contributed by atoms with Crippen molar-refractivity contribution in [3.05, 3.63) is 47.8 Å². The lowest BCUT2D eigenvalue weighted by Gasteiger charge is -1.99. The summed E-state index contributed by atoms with van der Waals surface area (Å²) in [6.07, 6.45) is 0. The van der Waals surface area contributed by atoms with E-state index in [1.165, 1.54) is 11.6 Å². The third-order valence-corrected chi connectivity index (χ3v) is 2.54. The molecule has 0 saturated heterocycles. The minimum absolute atomic E-state index is 0.133. The maximum absolute atomic E-state index is 13.2. The van der Waals surface area contributed by atoms with Gasteiger partial charge in [-0.05, 0) is 23.1 Å². The van der Waals surface area contributed by atoms with Crippen LogP contribution in [0.25, 0.3) is 11.1 Å². The van der Waals surface area contributed by atoms with Crippen LogP contribution in [0.5, 0.6) is 0 Å². The molecule has 2 aliphatic rings. The minimum Gasteiger partial charge on any atom is -0.206 e. The fraction of sp³-hybridized carbons (Fsp3) is 0.231. The molecular formula is C13H13F. The molecule has 0 heterocycles. The quantitative estimate of drug-likeness (QED) is 0.633. The molecule has 72 valence electrons. The predicted octanol–water partition coefficient (Wildman–Crippen LogP) is 4.05. The van der Waals surface area contributed by atoms with Gasteiger partial charge in [0.15, 0.2) is 0 Å². The van der Waals surface area contributed by atoms with Crippen molar-refractivity contribution >= 4 is 0 Å². The molecule has 0 aliphatic heterocycles. The van der Waals surface area contributed by atoms with Crippen molar-refractivity contribution in [1.82, 2.24) is 0 Å². The van der Waals surface area contributed by atoms with Gasteiger partial charge >= 0.3 is 0 Å². The molecule has 0 saturated carbocycles. The van der Waals surface area contributed by atoms with Crippen LogP contribution in [-0.2, 0) is 0 Å². The molecule has 0 fully saturated rings. The Morgan fingerprint density at radius 2 is 1.57 bits per heavy atom. The van der Waals surface area contributed by atoms with Crippen molar-refractivity contribution in [2.75, 3.05) is 0 Å². The van der Waals surface area contributed by atoms with Gasteiger partial charge in [-0.25, -0.2) is 4.39 Å². The van der Waals surface area contributed by atoms with Gasteiger partial charge in [-0.3, -0.25) is 0 Å². The van der Waals surface area contributed by atoms with Crippen molar-refractivity contribution in [3.8, 4) is 11.1 Å². The lowest BCUT2D eigenvalue weighted by molar-refractivity contribution is 0.635. The molecule has 0 bridgehead atoms. The summed E-state index contributed by atoms with van der Waals surface area (Å²) in [6.45, 7) is 4.27. The molecular weight excluding hydrogens is 175 g/mol. The molecule has 0 nitrogen and oxygen atoms in total. The number of hydrogen-bond acceptors (Lipinski definition) is 0. The summed E-state index contributed by atoms with van der Waals surface area (Å²) in [4.78, 5) is 0. The van der Waals surface area contributed by atoms with Gasteiger partial charge in [-0.15, -0.1) is 0 Å². The lowest BCUT2D eigenvalue weighted by atomic mass is 10.1. The second kappa shape index (κ2) is 3.41. The summed E-state index contributed by atoms with van der Waals surface area (Å²) in [5.41, 5.74) is 2.91. The Hall–Kier alpha value is -1.37. The molecule has 14 heavy (non-hydrogen) atoms. The van der Waals surface area contributed by atoms with Crippen molar-refractivity contribution in [3.63, 3.8) is 0 Å². The average molecular weight is 188 g/mol. The van der Waals surface area contributed by atoms with Crippen LogP contribution in [-0.4, -0.2) is 0 Å². The van der Waals surface area contributed by atoms with E-state index in [-0.39, 0.29) is 5.82 Å².